The second-order valence-corrected chi connectivity index (χ2v) is 7.16. The van der Waals surface area contributed by atoms with Gasteiger partial charge in [-0.05, 0) is 48.9 Å². The average molecular weight is 467 g/mol. The van der Waals surface area contributed by atoms with E-state index in [1.165, 1.54) is 13.2 Å². The van der Waals surface area contributed by atoms with Crippen LogP contribution in [0.3, 0.4) is 0 Å². The van der Waals surface area contributed by atoms with Crippen molar-refractivity contribution in [1.82, 2.24) is 9.78 Å². The van der Waals surface area contributed by atoms with Gasteiger partial charge in [0.15, 0.2) is 18.1 Å². The lowest BCUT2D eigenvalue weighted by molar-refractivity contribution is -0.111. The Kier molecular flexibility index (Phi) is 6.88. The van der Waals surface area contributed by atoms with Gasteiger partial charge >= 0.3 is 0 Å². The Bertz CT molecular complexity index is 1130. The van der Waals surface area contributed by atoms with Crippen molar-refractivity contribution in [2.24, 2.45) is 0 Å². The number of hydrogen-bond donors (Lipinski definition) is 1. The number of carbonyl (C=O) groups excluding carboxylic acids is 1. The maximum Gasteiger partial charge on any atom is 0.249 e. The van der Waals surface area contributed by atoms with E-state index in [1.54, 1.807) is 35.0 Å². The van der Waals surface area contributed by atoms with Crippen molar-refractivity contribution in [3.63, 3.8) is 0 Å². The predicted molar refractivity (Wildman–Crippen MR) is 118 cm³/mol. The van der Waals surface area contributed by atoms with Gasteiger partial charge in [0.2, 0.25) is 5.91 Å². The molecule has 3 rings (SSSR count). The Hall–Kier alpha value is -3.57. The van der Waals surface area contributed by atoms with Crippen LogP contribution in [0.4, 0.5) is 5.82 Å². The first-order chi connectivity index (χ1) is 14.5. The van der Waals surface area contributed by atoms with E-state index in [1.807, 2.05) is 37.3 Å². The van der Waals surface area contributed by atoms with E-state index < -0.39 is 0 Å². The molecule has 1 heterocycles. The van der Waals surface area contributed by atoms with Gasteiger partial charge in [0.05, 0.1) is 18.5 Å². The number of nitriles is 1. The molecule has 0 bridgehead atoms. The number of amides is 1. The lowest BCUT2D eigenvalue weighted by atomic mass is 10.2. The molecule has 1 N–H and O–H groups in total. The molecule has 0 atom stereocenters. The number of anilines is 1. The molecule has 2 aromatic carbocycles. The van der Waals surface area contributed by atoms with Crippen molar-refractivity contribution < 1.29 is 14.3 Å². The zero-order valence-corrected chi connectivity index (χ0v) is 18.0. The fourth-order valence-electron chi connectivity index (χ4n) is 2.75. The number of halogens is 1. The van der Waals surface area contributed by atoms with Gasteiger partial charge in [-0.15, -0.1) is 0 Å². The Labute approximate surface area is 182 Å². The van der Waals surface area contributed by atoms with Crippen LogP contribution in [0.2, 0.25) is 0 Å². The van der Waals surface area contributed by atoms with E-state index in [9.17, 15) is 4.79 Å². The molecule has 0 aliphatic rings. The summed E-state index contributed by atoms with van der Waals surface area (Å²) in [7, 11) is 1.51. The monoisotopic (exact) mass is 466 g/mol. The molecule has 0 unspecified atom stereocenters. The second kappa shape index (κ2) is 9.76. The molecular weight excluding hydrogens is 448 g/mol. The maximum atomic E-state index is 12.5. The highest BCUT2D eigenvalue weighted by atomic mass is 79.9. The summed E-state index contributed by atoms with van der Waals surface area (Å²) in [4.78, 5) is 12.5. The van der Waals surface area contributed by atoms with Crippen molar-refractivity contribution >= 4 is 33.7 Å². The van der Waals surface area contributed by atoms with E-state index in [4.69, 9.17) is 14.7 Å². The third-order valence-electron chi connectivity index (χ3n) is 4.04. The summed E-state index contributed by atoms with van der Waals surface area (Å²) >= 11 is 3.45. The molecule has 0 aliphatic heterocycles. The summed E-state index contributed by atoms with van der Waals surface area (Å²) in [5.41, 5.74) is 2.37. The number of rotatable bonds is 7. The van der Waals surface area contributed by atoms with Gasteiger partial charge in [0.1, 0.15) is 11.9 Å². The summed E-state index contributed by atoms with van der Waals surface area (Å²) < 4.78 is 13.2. The largest absolute Gasteiger partial charge is 0.493 e. The standard InChI is InChI=1S/C22H19BrN4O3/c1-15-12-21(27(26-15)18-5-3-4-17(23)14-18)25-22(28)9-7-16-6-8-19(30-11-10-24)20(13-16)29-2/h3-9,12-14H,11H2,1-2H3,(H,25,28)/b9-7+. The van der Waals surface area contributed by atoms with E-state index in [0.29, 0.717) is 17.3 Å². The summed E-state index contributed by atoms with van der Waals surface area (Å²) in [5.74, 6) is 1.22. The van der Waals surface area contributed by atoms with Crippen molar-refractivity contribution in [2.75, 3.05) is 19.0 Å². The molecule has 0 aliphatic carbocycles. The summed E-state index contributed by atoms with van der Waals surface area (Å²) in [6, 6.07) is 16.6. The molecule has 0 saturated carbocycles. The number of aryl methyl sites for hydroxylation is 1. The minimum atomic E-state index is -0.296. The smallest absolute Gasteiger partial charge is 0.249 e. The number of aromatic nitrogens is 2. The molecule has 8 heteroatoms. The first kappa shape index (κ1) is 21.1. The molecule has 1 aromatic heterocycles. The highest BCUT2D eigenvalue weighted by Gasteiger charge is 2.10. The number of hydrogen-bond acceptors (Lipinski definition) is 5. The third-order valence-corrected chi connectivity index (χ3v) is 4.54. The topological polar surface area (TPSA) is 89.2 Å². The minimum Gasteiger partial charge on any atom is -0.493 e. The van der Waals surface area contributed by atoms with Gasteiger partial charge in [0, 0.05) is 16.6 Å². The first-order valence-corrected chi connectivity index (χ1v) is 9.79. The molecule has 3 aromatic rings. The number of nitrogens with zero attached hydrogens (tertiary/aromatic N) is 3. The molecule has 0 spiro atoms. The van der Waals surface area contributed by atoms with E-state index in [-0.39, 0.29) is 12.5 Å². The molecule has 1 amide bonds. The van der Waals surface area contributed by atoms with E-state index in [2.05, 4.69) is 26.3 Å². The van der Waals surface area contributed by atoms with Gasteiger partial charge < -0.3 is 14.8 Å². The Morgan fingerprint density at radius 3 is 2.83 bits per heavy atom. The molecule has 0 radical (unpaired) electrons. The van der Waals surface area contributed by atoms with Crippen LogP contribution in [0.15, 0.2) is 59.1 Å². The summed E-state index contributed by atoms with van der Waals surface area (Å²) in [6.07, 6.45) is 3.09. The normalized spacial score (nSPS) is 10.6. The SMILES string of the molecule is COc1cc(/C=C/C(=O)Nc2cc(C)nn2-c2cccc(Br)c2)ccc1OCC#N. The fourth-order valence-corrected chi connectivity index (χ4v) is 3.14. The quantitative estimate of drug-likeness (QED) is 0.517. The van der Waals surface area contributed by atoms with Gasteiger partial charge in [-0.1, -0.05) is 28.1 Å². The lowest BCUT2D eigenvalue weighted by Crippen LogP contribution is -2.12. The van der Waals surface area contributed by atoms with Crippen molar-refractivity contribution in [2.45, 2.75) is 6.92 Å². The van der Waals surface area contributed by atoms with Crippen molar-refractivity contribution in [3.8, 4) is 23.3 Å². The fraction of sp³-hybridized carbons (Fsp3) is 0.136. The Morgan fingerprint density at radius 1 is 1.27 bits per heavy atom. The molecule has 7 nitrogen and oxygen atoms in total. The maximum absolute atomic E-state index is 12.5. The van der Waals surface area contributed by atoms with E-state index in [0.717, 1.165) is 21.4 Å². The predicted octanol–water partition coefficient (Wildman–Crippen LogP) is 4.51. The highest BCUT2D eigenvalue weighted by Crippen LogP contribution is 2.28. The zero-order valence-electron chi connectivity index (χ0n) is 16.4. The average Bonchev–Trinajstić information content (AvgIpc) is 3.10. The van der Waals surface area contributed by atoms with Gasteiger partial charge in [-0.3, -0.25) is 4.79 Å². The van der Waals surface area contributed by atoms with Gasteiger partial charge in [0.25, 0.3) is 0 Å². The van der Waals surface area contributed by atoms with Gasteiger partial charge in [-0.2, -0.15) is 10.4 Å². The van der Waals surface area contributed by atoms with Crippen LogP contribution < -0.4 is 14.8 Å². The number of ether oxygens (including phenoxy) is 2. The number of nitrogens with one attached hydrogen (secondary N) is 1. The van der Waals surface area contributed by atoms with Crippen LogP contribution in [0.25, 0.3) is 11.8 Å². The molecular formula is C22H19BrN4O3. The second-order valence-electron chi connectivity index (χ2n) is 6.24. The third kappa shape index (κ3) is 5.27. The van der Waals surface area contributed by atoms with Crippen LogP contribution in [0.5, 0.6) is 11.5 Å². The molecule has 0 saturated heterocycles. The van der Waals surface area contributed by atoms with Crippen molar-refractivity contribution in [3.05, 3.63) is 70.3 Å². The van der Waals surface area contributed by atoms with E-state index >= 15 is 0 Å². The molecule has 152 valence electrons. The molecule has 0 fully saturated rings. The van der Waals surface area contributed by atoms with Gasteiger partial charge in [-0.25, -0.2) is 4.68 Å². The molecule has 30 heavy (non-hydrogen) atoms. The summed E-state index contributed by atoms with van der Waals surface area (Å²) in [5, 5.41) is 15.9. The summed E-state index contributed by atoms with van der Waals surface area (Å²) in [6.45, 7) is 1.79. The highest BCUT2D eigenvalue weighted by molar-refractivity contribution is 9.10. The van der Waals surface area contributed by atoms with Crippen LogP contribution >= 0.6 is 15.9 Å². The Morgan fingerprint density at radius 2 is 2.10 bits per heavy atom. The van der Waals surface area contributed by atoms with Crippen LogP contribution in [-0.2, 0) is 4.79 Å². The Balaban J connectivity index is 1.75. The van der Waals surface area contributed by atoms with Crippen molar-refractivity contribution in [1.29, 1.82) is 5.26 Å². The number of methoxy groups -OCH3 is 1. The number of benzene rings is 2. The minimum absolute atomic E-state index is 0.0704. The van der Waals surface area contributed by atoms with Crippen LogP contribution in [0.1, 0.15) is 11.3 Å². The van der Waals surface area contributed by atoms with Crippen LogP contribution in [0, 0.1) is 18.3 Å². The lowest BCUT2D eigenvalue weighted by Gasteiger charge is -2.09. The van der Waals surface area contributed by atoms with Crippen LogP contribution in [-0.4, -0.2) is 29.4 Å². The zero-order chi connectivity index (χ0) is 21.5. The number of carbonyl (C=O) groups is 1. The first-order valence-electron chi connectivity index (χ1n) is 8.99.